The van der Waals surface area contributed by atoms with Gasteiger partial charge >= 0.3 is 57.6 Å². The summed E-state index contributed by atoms with van der Waals surface area (Å²) in [7, 11) is -4.58. The van der Waals surface area contributed by atoms with Crippen LogP contribution in [0.5, 0.6) is 0 Å². The van der Waals surface area contributed by atoms with Crippen molar-refractivity contribution in [2.45, 2.75) is 52.9 Å². The number of carbonyl (C=O) groups excluding carboxylic acids is 3. The summed E-state index contributed by atoms with van der Waals surface area (Å²) in [5.74, 6) is -3.88. The molecule has 0 atom stereocenters. The number of hydrogen-bond acceptors (Lipinski definition) is 8. The van der Waals surface area contributed by atoms with Gasteiger partial charge in [0.1, 0.15) is 18.6 Å². The Morgan fingerprint density at radius 1 is 0.900 bits per heavy atom. The van der Waals surface area contributed by atoms with E-state index in [0.29, 0.717) is 6.42 Å². The second kappa shape index (κ2) is 14.7. The van der Waals surface area contributed by atoms with Crippen LogP contribution < -0.4 is 0 Å². The first-order chi connectivity index (χ1) is 13.3. The second-order valence-corrected chi connectivity index (χ2v) is 8.34. The molecule has 168 valence electrons. The fourth-order valence-corrected chi connectivity index (χ4v) is 2.49. The summed E-state index contributed by atoms with van der Waals surface area (Å²) in [6.07, 6.45) is 3.16. The SMILES string of the molecule is C=C(C)C(=O)OCC(CCCCCC)(COC(=O)C(=C)C)C(=O)OCS(=O)(=O)O.[NaH]. The van der Waals surface area contributed by atoms with Crippen LogP contribution in [-0.2, 0) is 38.7 Å². The molecule has 0 rings (SSSR count). The first-order valence-corrected chi connectivity index (χ1v) is 10.7. The van der Waals surface area contributed by atoms with E-state index in [1.807, 2.05) is 6.92 Å². The number of esters is 3. The van der Waals surface area contributed by atoms with Crippen molar-refractivity contribution in [2.75, 3.05) is 19.2 Å². The third kappa shape index (κ3) is 12.5. The molecule has 0 aromatic carbocycles. The van der Waals surface area contributed by atoms with Gasteiger partial charge in [-0.3, -0.25) is 9.35 Å². The van der Waals surface area contributed by atoms with Gasteiger partial charge in [0.15, 0.2) is 0 Å². The van der Waals surface area contributed by atoms with Gasteiger partial charge in [0.05, 0.1) is 0 Å². The Morgan fingerprint density at radius 3 is 1.73 bits per heavy atom. The van der Waals surface area contributed by atoms with Crippen LogP contribution in [0.4, 0.5) is 0 Å². The van der Waals surface area contributed by atoms with E-state index >= 15 is 0 Å². The quantitative estimate of drug-likeness (QED) is 0.103. The molecule has 0 amide bonds. The van der Waals surface area contributed by atoms with E-state index < -0.39 is 52.6 Å². The zero-order valence-corrected chi connectivity index (χ0v) is 18.0. The molecular weight excluding hydrogens is 427 g/mol. The summed E-state index contributed by atoms with van der Waals surface area (Å²) < 4.78 is 45.7. The van der Waals surface area contributed by atoms with E-state index in [0.717, 1.165) is 19.3 Å². The average molecular weight is 459 g/mol. The fraction of sp³-hybridized carbons (Fsp3) is 0.632. The van der Waals surface area contributed by atoms with Gasteiger partial charge in [-0.1, -0.05) is 45.8 Å². The Hall–Kier alpha value is -1.20. The number of hydrogen-bond donors (Lipinski definition) is 1. The second-order valence-electron chi connectivity index (χ2n) is 6.94. The maximum absolute atomic E-state index is 12.7. The summed E-state index contributed by atoms with van der Waals surface area (Å²) in [6, 6.07) is 0. The van der Waals surface area contributed by atoms with Gasteiger partial charge in [0, 0.05) is 11.1 Å². The van der Waals surface area contributed by atoms with Crippen LogP contribution in [0.3, 0.4) is 0 Å². The molecule has 0 aliphatic carbocycles. The molecule has 0 bridgehead atoms. The van der Waals surface area contributed by atoms with Crippen molar-refractivity contribution < 1.29 is 41.6 Å². The number of ether oxygens (including phenoxy) is 3. The van der Waals surface area contributed by atoms with Crippen molar-refractivity contribution in [1.82, 2.24) is 0 Å². The molecule has 11 heteroatoms. The normalized spacial score (nSPS) is 11.1. The fourth-order valence-electron chi connectivity index (χ4n) is 2.23. The summed E-state index contributed by atoms with van der Waals surface area (Å²) in [6.45, 7) is 10.7. The predicted octanol–water partition coefficient (Wildman–Crippen LogP) is 1.92. The Balaban J connectivity index is 0. The Bertz CT molecular complexity index is 698. The molecule has 0 saturated carbocycles. The topological polar surface area (TPSA) is 133 Å². The van der Waals surface area contributed by atoms with Crippen LogP contribution in [0.15, 0.2) is 24.3 Å². The molecule has 0 spiro atoms. The minimum atomic E-state index is -4.58. The number of unbranched alkanes of at least 4 members (excludes halogenated alkanes) is 3. The third-order valence-corrected chi connectivity index (χ3v) is 4.35. The van der Waals surface area contributed by atoms with Crippen molar-refractivity contribution in [3.05, 3.63) is 24.3 Å². The Morgan fingerprint density at radius 2 is 1.37 bits per heavy atom. The van der Waals surface area contributed by atoms with E-state index in [-0.39, 0.29) is 47.1 Å². The van der Waals surface area contributed by atoms with E-state index in [4.69, 9.17) is 18.8 Å². The molecule has 0 aliphatic rings. The van der Waals surface area contributed by atoms with Crippen molar-refractivity contribution in [1.29, 1.82) is 0 Å². The molecule has 0 aromatic rings. The summed E-state index contributed by atoms with van der Waals surface area (Å²) in [5.41, 5.74) is -1.46. The van der Waals surface area contributed by atoms with Gasteiger partial charge in [0.2, 0.25) is 5.94 Å². The van der Waals surface area contributed by atoms with Crippen molar-refractivity contribution in [3.63, 3.8) is 0 Å². The van der Waals surface area contributed by atoms with Crippen molar-refractivity contribution in [3.8, 4) is 0 Å². The Labute approximate surface area is 200 Å². The van der Waals surface area contributed by atoms with Crippen LogP contribution in [0, 0.1) is 5.41 Å². The molecule has 9 nitrogen and oxygen atoms in total. The molecule has 0 aliphatic heterocycles. The summed E-state index contributed by atoms with van der Waals surface area (Å²) in [4.78, 5) is 36.4. The summed E-state index contributed by atoms with van der Waals surface area (Å²) >= 11 is 0. The molecule has 0 aromatic heterocycles. The Kier molecular flexibility index (Phi) is 15.2. The minimum absolute atomic E-state index is 0. The molecule has 0 radical (unpaired) electrons. The van der Waals surface area contributed by atoms with Gasteiger partial charge in [-0.05, 0) is 20.3 Å². The molecule has 0 saturated heterocycles. The van der Waals surface area contributed by atoms with Crippen molar-refractivity contribution >= 4 is 57.6 Å². The first kappa shape index (κ1) is 31.0. The van der Waals surface area contributed by atoms with E-state index in [9.17, 15) is 22.8 Å². The monoisotopic (exact) mass is 458 g/mol. The zero-order chi connectivity index (χ0) is 22.7. The van der Waals surface area contributed by atoms with Crippen LogP contribution in [0.25, 0.3) is 0 Å². The molecule has 1 N–H and O–H groups in total. The van der Waals surface area contributed by atoms with Gasteiger partial charge < -0.3 is 14.2 Å². The van der Waals surface area contributed by atoms with Crippen LogP contribution in [0.2, 0.25) is 0 Å². The van der Waals surface area contributed by atoms with Crippen LogP contribution >= 0.6 is 0 Å². The number of carbonyl (C=O) groups is 3. The molecule has 0 heterocycles. The zero-order valence-electron chi connectivity index (χ0n) is 17.2. The predicted molar refractivity (Wildman–Crippen MR) is 112 cm³/mol. The van der Waals surface area contributed by atoms with E-state index in [2.05, 4.69) is 13.2 Å². The molecule has 0 fully saturated rings. The molecule has 30 heavy (non-hydrogen) atoms. The van der Waals surface area contributed by atoms with Gasteiger partial charge in [-0.15, -0.1) is 0 Å². The van der Waals surface area contributed by atoms with E-state index in [1.165, 1.54) is 13.8 Å². The standard InChI is InChI=1S/C19H30O9S.Na.H/c1-6-7-8-9-10-19(11-26-16(20)14(2)3,12-27-17(21)15(4)5)18(22)28-13-29(23,24)25;;/h2,4,6-13H2,1,3,5H3,(H,23,24,25);;. The molecular formula is C19H31NaO9S. The summed E-state index contributed by atoms with van der Waals surface area (Å²) in [5, 5.41) is 0. The maximum atomic E-state index is 12.7. The van der Waals surface area contributed by atoms with Gasteiger partial charge in [-0.2, -0.15) is 8.42 Å². The van der Waals surface area contributed by atoms with Gasteiger partial charge in [0.25, 0.3) is 0 Å². The first-order valence-electron chi connectivity index (χ1n) is 9.12. The van der Waals surface area contributed by atoms with Crippen molar-refractivity contribution in [2.24, 2.45) is 5.41 Å². The van der Waals surface area contributed by atoms with Gasteiger partial charge in [-0.25, -0.2) is 9.59 Å². The van der Waals surface area contributed by atoms with Crippen LogP contribution in [-0.4, -0.2) is 79.6 Å². The van der Waals surface area contributed by atoms with Crippen LogP contribution in [0.1, 0.15) is 52.9 Å². The average Bonchev–Trinajstić information content (AvgIpc) is 2.63. The number of rotatable bonds is 14. The van der Waals surface area contributed by atoms with E-state index in [1.54, 1.807) is 0 Å². The third-order valence-electron chi connectivity index (χ3n) is 3.94. The molecule has 0 unspecified atom stereocenters.